The fourth-order valence-corrected chi connectivity index (χ4v) is 4.40. The second-order valence-electron chi connectivity index (χ2n) is 7.97. The maximum atomic E-state index is 12.5. The second-order valence-corrected chi connectivity index (χ2v) is 7.97. The largest absolute Gasteiger partial charge is 0.369 e. The summed E-state index contributed by atoms with van der Waals surface area (Å²) in [7, 11) is 0. The van der Waals surface area contributed by atoms with Gasteiger partial charge >= 0.3 is 0 Å². The third kappa shape index (κ3) is 4.89. The monoisotopic (exact) mass is 372 g/mol. The van der Waals surface area contributed by atoms with Gasteiger partial charge in [-0.1, -0.05) is 30.3 Å². The number of hydrogen-bond donors (Lipinski definition) is 0. The molecule has 0 aliphatic carbocycles. The molecule has 1 aromatic rings. The zero-order chi connectivity index (χ0) is 19.3. The minimum Gasteiger partial charge on any atom is -0.369 e. The first-order valence-corrected chi connectivity index (χ1v) is 10.2. The Labute approximate surface area is 162 Å². The third-order valence-electron chi connectivity index (χ3n) is 6.16. The zero-order valence-electron chi connectivity index (χ0n) is 16.7. The molecule has 2 fully saturated rings. The summed E-state index contributed by atoms with van der Waals surface area (Å²) in [6.07, 6.45) is 4.09. The Morgan fingerprint density at radius 3 is 2.56 bits per heavy atom. The van der Waals surface area contributed by atoms with E-state index >= 15 is 0 Å². The second kappa shape index (κ2) is 8.87. The highest BCUT2D eigenvalue weighted by Gasteiger charge is 2.41. The van der Waals surface area contributed by atoms with Gasteiger partial charge in [-0.2, -0.15) is 0 Å². The van der Waals surface area contributed by atoms with Gasteiger partial charge in [-0.15, -0.1) is 0 Å². The van der Waals surface area contributed by atoms with Crippen LogP contribution in [0.15, 0.2) is 30.3 Å². The van der Waals surface area contributed by atoms with Gasteiger partial charge in [-0.25, -0.2) is 0 Å². The Hall–Kier alpha value is -1.88. The molecule has 2 saturated heterocycles. The number of hydrogen-bond acceptors (Lipinski definition) is 3. The summed E-state index contributed by atoms with van der Waals surface area (Å²) >= 11 is 0. The molecule has 2 aliphatic rings. The van der Waals surface area contributed by atoms with E-state index in [0.717, 1.165) is 51.9 Å². The standard InChI is InChI=1S/C22H32N2O3/c1-3-27-18(2)21(26)23-15-12-22(13-16-23)11-9-20(25)24(17-22)14-10-19-7-5-4-6-8-19/h4-8,18H,3,9-17H2,1-2H3/t18-/m0/s1. The van der Waals surface area contributed by atoms with Crippen LogP contribution in [0.2, 0.25) is 0 Å². The molecule has 1 aromatic carbocycles. The number of ether oxygens (including phenoxy) is 1. The summed E-state index contributed by atoms with van der Waals surface area (Å²) in [4.78, 5) is 28.9. The van der Waals surface area contributed by atoms with Crippen LogP contribution in [0.3, 0.4) is 0 Å². The van der Waals surface area contributed by atoms with Crippen molar-refractivity contribution in [3.8, 4) is 0 Å². The van der Waals surface area contributed by atoms with E-state index < -0.39 is 0 Å². The fraction of sp³-hybridized carbons (Fsp3) is 0.636. The van der Waals surface area contributed by atoms with Crippen LogP contribution in [-0.2, 0) is 20.7 Å². The van der Waals surface area contributed by atoms with Gasteiger partial charge in [-0.05, 0) is 50.5 Å². The Balaban J connectivity index is 1.54. The van der Waals surface area contributed by atoms with Crippen molar-refractivity contribution in [2.24, 2.45) is 5.41 Å². The lowest BCUT2D eigenvalue weighted by atomic mass is 9.72. The smallest absolute Gasteiger partial charge is 0.251 e. The Morgan fingerprint density at radius 2 is 1.89 bits per heavy atom. The maximum Gasteiger partial charge on any atom is 0.251 e. The lowest BCUT2D eigenvalue weighted by Crippen LogP contribution is -2.53. The quantitative estimate of drug-likeness (QED) is 0.771. The molecule has 1 atom stereocenters. The first kappa shape index (κ1) is 19.9. The summed E-state index contributed by atoms with van der Waals surface area (Å²) in [5, 5.41) is 0. The number of amides is 2. The number of nitrogens with zero attached hydrogens (tertiary/aromatic N) is 2. The van der Waals surface area contributed by atoms with Crippen molar-refractivity contribution in [1.82, 2.24) is 9.80 Å². The molecular formula is C22H32N2O3. The first-order valence-electron chi connectivity index (χ1n) is 10.2. The van der Waals surface area contributed by atoms with E-state index in [-0.39, 0.29) is 23.3 Å². The van der Waals surface area contributed by atoms with Crippen LogP contribution in [0, 0.1) is 5.41 Å². The van der Waals surface area contributed by atoms with Gasteiger partial charge in [0.25, 0.3) is 5.91 Å². The Morgan fingerprint density at radius 1 is 1.19 bits per heavy atom. The number of benzene rings is 1. The molecule has 3 rings (SSSR count). The summed E-state index contributed by atoms with van der Waals surface area (Å²) in [5.41, 5.74) is 1.45. The van der Waals surface area contributed by atoms with Crippen LogP contribution in [-0.4, -0.2) is 60.5 Å². The molecule has 27 heavy (non-hydrogen) atoms. The Kier molecular flexibility index (Phi) is 6.53. The average molecular weight is 373 g/mol. The summed E-state index contributed by atoms with van der Waals surface area (Å²) in [6.45, 7) is 7.48. The fourth-order valence-electron chi connectivity index (χ4n) is 4.40. The van der Waals surface area contributed by atoms with Gasteiger partial charge in [0.2, 0.25) is 5.91 Å². The molecule has 5 heteroatoms. The molecule has 0 saturated carbocycles. The SMILES string of the molecule is CCO[C@@H](C)C(=O)N1CCC2(CCC(=O)N(CCc3ccccc3)C2)CC1. The normalized spacial score (nSPS) is 20.7. The van der Waals surface area contributed by atoms with Crippen molar-refractivity contribution >= 4 is 11.8 Å². The Bertz CT molecular complexity index is 638. The first-order chi connectivity index (χ1) is 13.0. The molecule has 0 bridgehead atoms. The summed E-state index contributed by atoms with van der Waals surface area (Å²) in [6, 6.07) is 10.4. The van der Waals surface area contributed by atoms with Crippen LogP contribution < -0.4 is 0 Å². The zero-order valence-corrected chi connectivity index (χ0v) is 16.7. The highest BCUT2D eigenvalue weighted by molar-refractivity contribution is 5.80. The lowest BCUT2D eigenvalue weighted by molar-refractivity contribution is -0.148. The topological polar surface area (TPSA) is 49.9 Å². The molecular weight excluding hydrogens is 340 g/mol. The van der Waals surface area contributed by atoms with E-state index in [2.05, 4.69) is 17.0 Å². The predicted molar refractivity (Wildman–Crippen MR) is 105 cm³/mol. The van der Waals surface area contributed by atoms with Crippen molar-refractivity contribution in [2.75, 3.05) is 32.8 Å². The minimum atomic E-state index is -0.362. The molecule has 5 nitrogen and oxygen atoms in total. The summed E-state index contributed by atoms with van der Waals surface area (Å²) < 4.78 is 5.45. The van der Waals surface area contributed by atoms with Gasteiger partial charge in [0, 0.05) is 39.2 Å². The van der Waals surface area contributed by atoms with Gasteiger partial charge in [0.15, 0.2) is 0 Å². The van der Waals surface area contributed by atoms with E-state index in [1.165, 1.54) is 5.56 Å². The molecule has 1 spiro atoms. The van der Waals surface area contributed by atoms with E-state index in [1.807, 2.05) is 36.9 Å². The number of rotatable bonds is 6. The summed E-state index contributed by atoms with van der Waals surface area (Å²) in [5.74, 6) is 0.375. The predicted octanol–water partition coefficient (Wildman–Crippen LogP) is 2.89. The van der Waals surface area contributed by atoms with E-state index in [9.17, 15) is 9.59 Å². The van der Waals surface area contributed by atoms with Crippen molar-refractivity contribution in [2.45, 2.75) is 52.1 Å². The number of piperidine rings is 2. The van der Waals surface area contributed by atoms with Crippen LogP contribution in [0.4, 0.5) is 0 Å². The molecule has 2 amide bonds. The van der Waals surface area contributed by atoms with Gasteiger partial charge in [-0.3, -0.25) is 9.59 Å². The van der Waals surface area contributed by atoms with Crippen LogP contribution in [0.25, 0.3) is 0 Å². The molecule has 2 heterocycles. The van der Waals surface area contributed by atoms with Crippen LogP contribution >= 0.6 is 0 Å². The minimum absolute atomic E-state index is 0.0968. The molecule has 0 aromatic heterocycles. The van der Waals surface area contributed by atoms with Crippen molar-refractivity contribution in [3.05, 3.63) is 35.9 Å². The van der Waals surface area contributed by atoms with Crippen molar-refractivity contribution < 1.29 is 14.3 Å². The maximum absolute atomic E-state index is 12.5. The highest BCUT2D eigenvalue weighted by Crippen LogP contribution is 2.40. The number of likely N-dealkylation sites (tertiary alicyclic amines) is 2. The average Bonchev–Trinajstić information content (AvgIpc) is 2.70. The highest BCUT2D eigenvalue weighted by atomic mass is 16.5. The molecule has 0 unspecified atom stereocenters. The lowest BCUT2D eigenvalue weighted by Gasteiger charge is -2.47. The van der Waals surface area contributed by atoms with Crippen LogP contribution in [0.5, 0.6) is 0 Å². The van der Waals surface area contributed by atoms with Gasteiger partial charge in [0.1, 0.15) is 6.10 Å². The molecule has 148 valence electrons. The third-order valence-corrected chi connectivity index (χ3v) is 6.16. The number of carbonyl (C=O) groups is 2. The van der Waals surface area contributed by atoms with Crippen LogP contribution in [0.1, 0.15) is 45.1 Å². The number of carbonyl (C=O) groups excluding carboxylic acids is 2. The van der Waals surface area contributed by atoms with E-state index in [1.54, 1.807) is 0 Å². The van der Waals surface area contributed by atoms with E-state index in [4.69, 9.17) is 4.74 Å². The van der Waals surface area contributed by atoms with E-state index in [0.29, 0.717) is 13.0 Å². The molecule has 2 aliphatic heterocycles. The molecule has 0 radical (unpaired) electrons. The van der Waals surface area contributed by atoms with Crippen molar-refractivity contribution in [3.63, 3.8) is 0 Å². The van der Waals surface area contributed by atoms with Crippen molar-refractivity contribution in [1.29, 1.82) is 0 Å². The molecule has 0 N–H and O–H groups in total. The van der Waals surface area contributed by atoms with Gasteiger partial charge < -0.3 is 14.5 Å². The van der Waals surface area contributed by atoms with Gasteiger partial charge in [0.05, 0.1) is 0 Å².